The van der Waals surface area contributed by atoms with Crippen molar-refractivity contribution in [1.29, 1.82) is 0 Å². The average Bonchev–Trinajstić information content (AvgIpc) is 2.54. The summed E-state index contributed by atoms with van der Waals surface area (Å²) in [4.78, 5) is 35.3. The van der Waals surface area contributed by atoms with Crippen LogP contribution in [0.25, 0.3) is 0 Å². The van der Waals surface area contributed by atoms with Crippen molar-refractivity contribution in [3.05, 3.63) is 0 Å². The molecule has 138 valence electrons. The normalized spacial score (nSPS) is 13.8. The van der Waals surface area contributed by atoms with Gasteiger partial charge < -0.3 is 19.3 Å². The van der Waals surface area contributed by atoms with Gasteiger partial charge in [0.1, 0.15) is 6.04 Å². The van der Waals surface area contributed by atoms with Gasteiger partial charge in [0.15, 0.2) is 6.04 Å². The van der Waals surface area contributed by atoms with Gasteiger partial charge in [0, 0.05) is 33.9 Å². The summed E-state index contributed by atoms with van der Waals surface area (Å²) in [6.07, 6.45) is 3.69. The van der Waals surface area contributed by atoms with Crippen LogP contribution in [0.2, 0.25) is 0 Å². The Bertz CT molecular complexity index is 401. The molecule has 0 aromatic rings. The first kappa shape index (κ1) is 22.2. The molecule has 0 aromatic carbocycles. The quantitative estimate of drug-likeness (QED) is 0.228. The van der Waals surface area contributed by atoms with Crippen LogP contribution in [0.4, 0.5) is 0 Å². The Morgan fingerprint density at radius 1 is 0.958 bits per heavy atom. The molecule has 0 amide bonds. The minimum atomic E-state index is -0.566. The Labute approximate surface area is 148 Å². The van der Waals surface area contributed by atoms with Crippen LogP contribution < -0.4 is 0 Å². The number of hydrogen-bond donors (Lipinski definition) is 0. The van der Waals surface area contributed by atoms with Crippen LogP contribution in [0.3, 0.4) is 0 Å². The van der Waals surface area contributed by atoms with Crippen LogP contribution in [-0.4, -0.2) is 100 Å². The summed E-state index contributed by atoms with van der Waals surface area (Å²) in [6.45, 7) is 0. The number of carbonyl (C=O) groups is 2. The lowest BCUT2D eigenvalue weighted by Gasteiger charge is -2.13. The third kappa shape index (κ3) is 10.1. The van der Waals surface area contributed by atoms with Crippen LogP contribution in [0.5, 0.6) is 0 Å². The van der Waals surface area contributed by atoms with E-state index < -0.39 is 12.1 Å². The molecule has 0 heterocycles. The molecule has 0 aliphatic rings. The number of nitrogens with zero attached hydrogens (tertiary/aromatic N) is 4. The molecule has 0 aliphatic carbocycles. The lowest BCUT2D eigenvalue weighted by Crippen LogP contribution is -2.26. The number of methoxy groups -OCH3 is 2. The highest BCUT2D eigenvalue weighted by atomic mass is 32.2. The summed E-state index contributed by atoms with van der Waals surface area (Å²) in [7, 11) is 10.0. The monoisotopic (exact) mass is 360 g/mol. The smallest absolute Gasteiger partial charge is 0.331 e. The number of esters is 2. The SMILES string of the molecule is COC(=O)C(CCSCC(N=CN(C)C)C(=O)OC)N=CN(C)C. The number of ether oxygens (including phenoxy) is 2. The molecule has 0 spiro atoms. The van der Waals surface area contributed by atoms with Crippen LogP contribution in [-0.2, 0) is 19.1 Å². The van der Waals surface area contributed by atoms with Crippen molar-refractivity contribution in [3.63, 3.8) is 0 Å². The van der Waals surface area contributed by atoms with Gasteiger partial charge in [0.2, 0.25) is 0 Å². The zero-order valence-corrected chi connectivity index (χ0v) is 16.1. The van der Waals surface area contributed by atoms with Gasteiger partial charge in [0.05, 0.1) is 26.9 Å². The zero-order valence-electron chi connectivity index (χ0n) is 15.3. The molecule has 2 atom stereocenters. The van der Waals surface area contributed by atoms with Gasteiger partial charge in [-0.2, -0.15) is 11.8 Å². The number of rotatable bonds is 11. The Hall–Kier alpha value is -1.77. The predicted molar refractivity (Wildman–Crippen MR) is 97.9 cm³/mol. The third-order valence-electron chi connectivity index (χ3n) is 2.71. The molecule has 0 radical (unpaired) electrons. The Kier molecular flexibility index (Phi) is 11.7. The average molecular weight is 360 g/mol. The van der Waals surface area contributed by atoms with Crippen molar-refractivity contribution >= 4 is 36.4 Å². The van der Waals surface area contributed by atoms with Gasteiger partial charge in [-0.3, -0.25) is 9.98 Å². The van der Waals surface area contributed by atoms with E-state index in [4.69, 9.17) is 9.47 Å². The fourth-order valence-corrected chi connectivity index (χ4v) is 2.52. The molecule has 0 saturated heterocycles. The molecule has 0 bridgehead atoms. The van der Waals surface area contributed by atoms with Gasteiger partial charge in [-0.05, 0) is 12.2 Å². The Morgan fingerprint density at radius 3 is 1.88 bits per heavy atom. The fourth-order valence-electron chi connectivity index (χ4n) is 1.51. The minimum Gasteiger partial charge on any atom is -0.467 e. The standard InChI is InChI=1S/C15H28N4O4S/c1-18(2)10-16-12(14(20)22-5)7-8-24-9-13(15(21)23-6)17-11-19(3)4/h10-13H,7-9H2,1-6H3. The second-order valence-electron chi connectivity index (χ2n) is 5.40. The zero-order chi connectivity index (χ0) is 18.5. The first-order chi connectivity index (χ1) is 11.3. The number of aliphatic imine (C=N–C) groups is 2. The Balaban J connectivity index is 4.51. The molecule has 8 nitrogen and oxygen atoms in total. The molecule has 2 unspecified atom stereocenters. The van der Waals surface area contributed by atoms with Crippen molar-refractivity contribution < 1.29 is 19.1 Å². The van der Waals surface area contributed by atoms with E-state index in [9.17, 15) is 9.59 Å². The summed E-state index contributed by atoms with van der Waals surface area (Å²) in [5.74, 6) is 0.372. The maximum absolute atomic E-state index is 11.7. The summed E-state index contributed by atoms with van der Waals surface area (Å²) in [6, 6.07) is -1.11. The molecule has 9 heteroatoms. The van der Waals surface area contributed by atoms with E-state index in [2.05, 4.69) is 9.98 Å². The highest BCUT2D eigenvalue weighted by molar-refractivity contribution is 7.99. The van der Waals surface area contributed by atoms with Crippen LogP contribution in [0.1, 0.15) is 6.42 Å². The predicted octanol–water partition coefficient (Wildman–Crippen LogP) is 0.373. The molecular weight excluding hydrogens is 332 g/mol. The van der Waals surface area contributed by atoms with E-state index in [0.29, 0.717) is 17.9 Å². The van der Waals surface area contributed by atoms with E-state index in [0.717, 1.165) is 0 Å². The van der Waals surface area contributed by atoms with E-state index in [1.807, 2.05) is 28.2 Å². The van der Waals surface area contributed by atoms with Crippen LogP contribution in [0, 0.1) is 0 Å². The first-order valence-corrected chi connectivity index (χ1v) is 8.60. The van der Waals surface area contributed by atoms with E-state index >= 15 is 0 Å². The first-order valence-electron chi connectivity index (χ1n) is 7.44. The van der Waals surface area contributed by atoms with Crippen molar-refractivity contribution in [3.8, 4) is 0 Å². The third-order valence-corrected chi connectivity index (χ3v) is 3.79. The number of hydrogen-bond acceptors (Lipinski definition) is 7. The van der Waals surface area contributed by atoms with Gasteiger partial charge in [-0.25, -0.2) is 9.59 Å². The maximum atomic E-state index is 11.7. The molecule has 0 rings (SSSR count). The van der Waals surface area contributed by atoms with Gasteiger partial charge in [-0.15, -0.1) is 0 Å². The lowest BCUT2D eigenvalue weighted by molar-refractivity contribution is -0.142. The van der Waals surface area contributed by atoms with Crippen LogP contribution >= 0.6 is 11.8 Å². The largest absolute Gasteiger partial charge is 0.467 e. The van der Waals surface area contributed by atoms with E-state index in [1.54, 1.807) is 22.5 Å². The Morgan fingerprint density at radius 2 is 1.42 bits per heavy atom. The molecular formula is C15H28N4O4S. The molecule has 0 fully saturated rings. The highest BCUT2D eigenvalue weighted by Crippen LogP contribution is 2.12. The highest BCUT2D eigenvalue weighted by Gasteiger charge is 2.20. The second kappa shape index (κ2) is 12.6. The molecule has 0 aliphatic heterocycles. The van der Waals surface area contributed by atoms with Crippen molar-refractivity contribution in [1.82, 2.24) is 9.80 Å². The van der Waals surface area contributed by atoms with E-state index in [-0.39, 0.29) is 11.9 Å². The summed E-state index contributed by atoms with van der Waals surface area (Å²) >= 11 is 1.52. The van der Waals surface area contributed by atoms with Gasteiger partial charge in [0.25, 0.3) is 0 Å². The summed E-state index contributed by atoms with van der Waals surface area (Å²) in [5, 5.41) is 0. The van der Waals surface area contributed by atoms with Gasteiger partial charge in [-0.1, -0.05) is 0 Å². The molecule has 24 heavy (non-hydrogen) atoms. The molecule has 0 N–H and O–H groups in total. The maximum Gasteiger partial charge on any atom is 0.331 e. The van der Waals surface area contributed by atoms with Gasteiger partial charge >= 0.3 is 11.9 Å². The molecule has 0 aromatic heterocycles. The van der Waals surface area contributed by atoms with Crippen molar-refractivity contribution in [2.24, 2.45) is 9.98 Å². The number of carbonyl (C=O) groups excluding carboxylic acids is 2. The van der Waals surface area contributed by atoms with Crippen LogP contribution in [0.15, 0.2) is 9.98 Å². The van der Waals surface area contributed by atoms with Crippen molar-refractivity contribution in [2.45, 2.75) is 18.5 Å². The number of thioether (sulfide) groups is 1. The fraction of sp³-hybridized carbons (Fsp3) is 0.733. The minimum absolute atomic E-state index is 0.371. The lowest BCUT2D eigenvalue weighted by atomic mass is 10.2. The topological polar surface area (TPSA) is 83.8 Å². The summed E-state index contributed by atoms with van der Waals surface area (Å²) in [5.41, 5.74) is 0. The summed E-state index contributed by atoms with van der Waals surface area (Å²) < 4.78 is 9.52. The van der Waals surface area contributed by atoms with E-state index in [1.165, 1.54) is 26.0 Å². The second-order valence-corrected chi connectivity index (χ2v) is 6.55. The molecule has 0 saturated carbocycles. The van der Waals surface area contributed by atoms with Crippen molar-refractivity contribution in [2.75, 3.05) is 53.9 Å².